The summed E-state index contributed by atoms with van der Waals surface area (Å²) in [7, 11) is -1.64. The summed E-state index contributed by atoms with van der Waals surface area (Å²) in [5, 5.41) is 0.429. The van der Waals surface area contributed by atoms with E-state index in [4.69, 9.17) is 13.8 Å². The minimum absolute atomic E-state index is 0.0482. The smallest absolute Gasteiger partial charge is 0.344 e. The largest absolute Gasteiger partial charge is 0.462 e. The average molecular weight is 365 g/mol. The summed E-state index contributed by atoms with van der Waals surface area (Å²) in [6.45, 7) is 9.39. The fourth-order valence-electron chi connectivity index (χ4n) is 2.27. The number of fused-ring (bicyclic) bond motifs is 1. The first-order valence-corrected chi connectivity index (χ1v) is 9.48. The highest BCUT2D eigenvalue weighted by atomic mass is 31.2. The molecule has 0 bridgehead atoms. The number of para-hydroxylation sites is 1. The van der Waals surface area contributed by atoms with Gasteiger partial charge in [0.15, 0.2) is 0 Å². The maximum absolute atomic E-state index is 12.9. The molecule has 0 radical (unpaired) electrons. The number of nitrogens with one attached hydrogen (secondary N) is 1. The fourth-order valence-corrected chi connectivity index (χ4v) is 3.88. The van der Waals surface area contributed by atoms with Crippen molar-refractivity contribution in [3.8, 4) is 0 Å². The maximum Gasteiger partial charge on any atom is 0.344 e. The summed E-state index contributed by atoms with van der Waals surface area (Å²) in [4.78, 5) is 28.5. The molecule has 0 aliphatic carbocycles. The molecule has 0 saturated heterocycles. The molecule has 1 aromatic heterocycles. The van der Waals surface area contributed by atoms with Crippen molar-refractivity contribution in [1.29, 1.82) is 0 Å². The molecule has 1 aromatic carbocycles. The molecule has 0 aliphatic rings. The Hall–Kier alpha value is -1.75. The van der Waals surface area contributed by atoms with Crippen LogP contribution in [0.3, 0.4) is 0 Å². The Morgan fingerprint density at radius 2 is 1.72 bits per heavy atom. The summed E-state index contributed by atoms with van der Waals surface area (Å²) in [5.74, 6) is -0.670. The Morgan fingerprint density at radius 3 is 2.28 bits per heavy atom. The van der Waals surface area contributed by atoms with Crippen LogP contribution >= 0.6 is 8.38 Å². The molecule has 7 heteroatoms. The Morgan fingerprint density at radius 1 is 1.12 bits per heavy atom. The molecule has 0 spiro atoms. The highest BCUT2D eigenvalue weighted by molar-refractivity contribution is 7.56. The van der Waals surface area contributed by atoms with Gasteiger partial charge in [0.05, 0.1) is 18.8 Å². The van der Waals surface area contributed by atoms with Crippen molar-refractivity contribution < 1.29 is 18.6 Å². The number of esters is 1. The standard InChI is InChI=1S/C18H24NO5P/c1-6-22-18(21)15-16(20)13-9-7-8-10-14(13)19-17(15)25(23-11(2)3)24-12(4)5/h7-12H,6H2,1-5H3,(H,19,20). The van der Waals surface area contributed by atoms with Crippen LogP contribution in [0.1, 0.15) is 45.0 Å². The van der Waals surface area contributed by atoms with E-state index in [2.05, 4.69) is 4.98 Å². The SMILES string of the molecule is CCOC(=O)c1c(P(OC(C)C)OC(C)C)[nH]c2ccccc2c1=O. The van der Waals surface area contributed by atoms with Crippen molar-refractivity contribution in [3.05, 3.63) is 40.1 Å². The summed E-state index contributed by atoms with van der Waals surface area (Å²) < 4.78 is 16.9. The van der Waals surface area contributed by atoms with E-state index < -0.39 is 14.3 Å². The molecule has 136 valence electrons. The number of aromatic amines is 1. The number of carbonyl (C=O) groups excluding carboxylic acids is 1. The summed E-state index contributed by atoms with van der Waals surface area (Å²) in [5.41, 5.74) is 0.547. The van der Waals surface area contributed by atoms with Crippen LogP contribution in [0, 0.1) is 0 Å². The number of benzene rings is 1. The predicted octanol–water partition coefficient (Wildman–Crippen LogP) is 3.49. The summed E-state index contributed by atoms with van der Waals surface area (Å²) in [6, 6.07) is 7.04. The monoisotopic (exact) mass is 365 g/mol. The quantitative estimate of drug-likeness (QED) is 0.600. The molecule has 0 saturated carbocycles. The number of aromatic nitrogens is 1. The Labute approximate surface area is 148 Å². The fraction of sp³-hybridized carbons (Fsp3) is 0.444. The molecule has 0 atom stereocenters. The van der Waals surface area contributed by atoms with E-state index in [0.717, 1.165) is 0 Å². The van der Waals surface area contributed by atoms with Gasteiger partial charge in [0, 0.05) is 10.9 Å². The van der Waals surface area contributed by atoms with Gasteiger partial charge in [0.2, 0.25) is 13.8 Å². The lowest BCUT2D eigenvalue weighted by atomic mass is 10.1. The van der Waals surface area contributed by atoms with E-state index in [1.807, 2.05) is 33.8 Å². The molecule has 25 heavy (non-hydrogen) atoms. The van der Waals surface area contributed by atoms with E-state index in [-0.39, 0.29) is 29.8 Å². The van der Waals surface area contributed by atoms with Gasteiger partial charge in [-0.2, -0.15) is 0 Å². The van der Waals surface area contributed by atoms with Crippen LogP contribution in [0.4, 0.5) is 0 Å². The van der Waals surface area contributed by atoms with Crippen molar-refractivity contribution in [1.82, 2.24) is 4.98 Å². The van der Waals surface area contributed by atoms with Crippen molar-refractivity contribution >= 4 is 30.7 Å². The second-order valence-corrected chi connectivity index (χ2v) is 7.39. The number of pyridine rings is 1. The highest BCUT2D eigenvalue weighted by Gasteiger charge is 2.29. The number of carbonyl (C=O) groups is 1. The zero-order valence-electron chi connectivity index (χ0n) is 15.2. The first-order valence-electron chi connectivity index (χ1n) is 8.31. The van der Waals surface area contributed by atoms with Gasteiger partial charge < -0.3 is 18.8 Å². The van der Waals surface area contributed by atoms with Gasteiger partial charge in [0.25, 0.3) is 0 Å². The van der Waals surface area contributed by atoms with Gasteiger partial charge >= 0.3 is 5.97 Å². The number of hydrogen-bond donors (Lipinski definition) is 1. The minimum atomic E-state index is -1.64. The third-order valence-electron chi connectivity index (χ3n) is 3.16. The molecular weight excluding hydrogens is 341 g/mol. The van der Waals surface area contributed by atoms with Gasteiger partial charge in [-0.15, -0.1) is 0 Å². The molecule has 1 heterocycles. The minimum Gasteiger partial charge on any atom is -0.462 e. The maximum atomic E-state index is 12.9. The normalized spacial score (nSPS) is 11.7. The molecule has 2 aromatic rings. The lowest BCUT2D eigenvalue weighted by Crippen LogP contribution is -2.31. The predicted molar refractivity (Wildman–Crippen MR) is 99.5 cm³/mol. The van der Waals surface area contributed by atoms with Crippen molar-refractivity contribution in [2.75, 3.05) is 6.61 Å². The molecule has 0 fully saturated rings. The topological polar surface area (TPSA) is 77.6 Å². The summed E-state index contributed by atoms with van der Waals surface area (Å²) >= 11 is 0. The van der Waals surface area contributed by atoms with Crippen LogP contribution in [0.5, 0.6) is 0 Å². The lowest BCUT2D eigenvalue weighted by Gasteiger charge is -2.23. The first kappa shape index (κ1) is 19.6. The van der Waals surface area contributed by atoms with E-state index in [9.17, 15) is 9.59 Å². The molecule has 6 nitrogen and oxygen atoms in total. The molecular formula is C18H24NO5P. The Balaban J connectivity index is 2.71. The van der Waals surface area contributed by atoms with E-state index in [1.54, 1.807) is 25.1 Å². The first-order chi connectivity index (χ1) is 11.8. The van der Waals surface area contributed by atoms with Crippen LogP contribution in [-0.4, -0.2) is 29.8 Å². The highest BCUT2D eigenvalue weighted by Crippen LogP contribution is 2.40. The number of hydrogen-bond acceptors (Lipinski definition) is 5. The van der Waals surface area contributed by atoms with Crippen LogP contribution < -0.4 is 10.9 Å². The molecule has 1 N–H and O–H groups in total. The van der Waals surface area contributed by atoms with Crippen LogP contribution in [-0.2, 0) is 13.8 Å². The van der Waals surface area contributed by atoms with E-state index in [0.29, 0.717) is 16.3 Å². The molecule has 0 amide bonds. The molecule has 0 unspecified atom stereocenters. The van der Waals surface area contributed by atoms with Crippen LogP contribution in [0.2, 0.25) is 0 Å². The second kappa shape index (κ2) is 8.56. The van der Waals surface area contributed by atoms with Gasteiger partial charge in [-0.25, -0.2) is 4.79 Å². The van der Waals surface area contributed by atoms with Crippen molar-refractivity contribution in [2.45, 2.75) is 46.8 Å². The van der Waals surface area contributed by atoms with Gasteiger partial charge in [0.1, 0.15) is 11.0 Å². The third kappa shape index (κ3) is 4.66. The molecule has 2 rings (SSSR count). The van der Waals surface area contributed by atoms with Gasteiger partial charge in [-0.3, -0.25) is 4.79 Å². The van der Waals surface area contributed by atoms with Crippen molar-refractivity contribution in [2.24, 2.45) is 0 Å². The zero-order valence-corrected chi connectivity index (χ0v) is 16.1. The van der Waals surface area contributed by atoms with E-state index in [1.165, 1.54) is 0 Å². The number of H-pyrrole nitrogens is 1. The van der Waals surface area contributed by atoms with Gasteiger partial charge in [-0.05, 0) is 46.8 Å². The third-order valence-corrected chi connectivity index (χ3v) is 5.09. The average Bonchev–Trinajstić information content (AvgIpc) is 2.53. The van der Waals surface area contributed by atoms with E-state index >= 15 is 0 Å². The molecule has 0 aliphatic heterocycles. The van der Waals surface area contributed by atoms with Crippen LogP contribution in [0.15, 0.2) is 29.1 Å². The van der Waals surface area contributed by atoms with Crippen molar-refractivity contribution in [3.63, 3.8) is 0 Å². The van der Waals surface area contributed by atoms with Crippen LogP contribution in [0.25, 0.3) is 10.9 Å². The number of rotatable bonds is 7. The van der Waals surface area contributed by atoms with Gasteiger partial charge in [-0.1, -0.05) is 12.1 Å². The lowest BCUT2D eigenvalue weighted by molar-refractivity contribution is 0.0525. The zero-order chi connectivity index (χ0) is 18.6. The summed E-state index contributed by atoms with van der Waals surface area (Å²) in [6.07, 6.45) is -0.259. The Bertz CT molecular complexity index is 790. The second-order valence-electron chi connectivity index (χ2n) is 6.01. The number of ether oxygens (including phenoxy) is 1. The Kier molecular flexibility index (Phi) is 6.71.